The van der Waals surface area contributed by atoms with Crippen molar-refractivity contribution < 1.29 is 14.3 Å². The fourth-order valence-electron chi connectivity index (χ4n) is 0.503. The van der Waals surface area contributed by atoms with E-state index in [1.165, 1.54) is 7.11 Å². The van der Waals surface area contributed by atoms with Gasteiger partial charge in [0.05, 0.1) is 6.10 Å². The number of methoxy groups -OCH3 is 1. The summed E-state index contributed by atoms with van der Waals surface area (Å²) < 4.78 is 4.77. The number of carbonyl (C=O) groups is 2. The Labute approximate surface area is 54.0 Å². The highest BCUT2D eigenvalue weighted by atomic mass is 16.5. The Hall–Kier alpha value is -0.700. The molecule has 0 aliphatic carbocycles. The maximum atomic E-state index is 9.85. The summed E-state index contributed by atoms with van der Waals surface area (Å²) in [5.74, 6) is 0. The van der Waals surface area contributed by atoms with Gasteiger partial charge in [0.1, 0.15) is 12.6 Å². The Bertz CT molecular complexity index is 80.3. The average Bonchev–Trinajstić information content (AvgIpc) is 1.88. The molecule has 0 rings (SSSR count). The lowest BCUT2D eigenvalue weighted by molar-refractivity contribution is -0.112. The van der Waals surface area contributed by atoms with E-state index in [2.05, 4.69) is 0 Å². The maximum absolute atomic E-state index is 9.85. The normalized spacial score (nSPS) is 9.56. The Morgan fingerprint density at radius 1 is 1.33 bits per heavy atom. The standard InChI is InChI=1S/C6H10O3/c1-9-6(2-4-7)3-5-8/h4-6H,2-3H2,1H3. The molecule has 52 valence electrons. The van der Waals surface area contributed by atoms with Crippen LogP contribution in [0.15, 0.2) is 0 Å². The average molecular weight is 130 g/mol. The smallest absolute Gasteiger partial charge is 0.122 e. The number of carbonyl (C=O) groups excluding carboxylic acids is 2. The molecule has 0 aliphatic rings. The largest absolute Gasteiger partial charge is 0.381 e. The van der Waals surface area contributed by atoms with Gasteiger partial charge in [-0.15, -0.1) is 0 Å². The highest BCUT2D eigenvalue weighted by molar-refractivity contribution is 5.54. The first-order valence-electron chi connectivity index (χ1n) is 2.75. The van der Waals surface area contributed by atoms with Crippen molar-refractivity contribution >= 4 is 12.6 Å². The molecular formula is C6H10O3. The van der Waals surface area contributed by atoms with E-state index in [1.807, 2.05) is 0 Å². The molecule has 0 aromatic rings. The predicted octanol–water partition coefficient (Wildman–Crippen LogP) is 0.179. The molecule has 0 saturated carbocycles. The highest BCUT2D eigenvalue weighted by Gasteiger charge is 2.03. The van der Waals surface area contributed by atoms with Crippen LogP contribution in [0.4, 0.5) is 0 Å². The number of hydrogen-bond donors (Lipinski definition) is 0. The molecule has 0 fully saturated rings. The van der Waals surface area contributed by atoms with Crippen molar-refractivity contribution in [3.05, 3.63) is 0 Å². The van der Waals surface area contributed by atoms with Gasteiger partial charge >= 0.3 is 0 Å². The molecule has 0 bridgehead atoms. The Morgan fingerprint density at radius 3 is 2.00 bits per heavy atom. The van der Waals surface area contributed by atoms with Crippen LogP contribution in [0.25, 0.3) is 0 Å². The molecule has 0 radical (unpaired) electrons. The third-order valence-corrected chi connectivity index (χ3v) is 1.05. The minimum Gasteiger partial charge on any atom is -0.381 e. The summed E-state index contributed by atoms with van der Waals surface area (Å²) in [4.78, 5) is 19.7. The zero-order valence-corrected chi connectivity index (χ0v) is 5.37. The minimum absolute atomic E-state index is 0.222. The zero-order chi connectivity index (χ0) is 7.11. The van der Waals surface area contributed by atoms with Crippen LogP contribution in [0.3, 0.4) is 0 Å². The predicted molar refractivity (Wildman–Crippen MR) is 32.2 cm³/mol. The number of ether oxygens (including phenoxy) is 1. The second kappa shape index (κ2) is 5.44. The van der Waals surface area contributed by atoms with E-state index in [4.69, 9.17) is 4.74 Å². The molecule has 3 nitrogen and oxygen atoms in total. The fourth-order valence-corrected chi connectivity index (χ4v) is 0.503. The summed E-state index contributed by atoms with van der Waals surface area (Å²) in [6.45, 7) is 0. The van der Waals surface area contributed by atoms with E-state index in [-0.39, 0.29) is 6.10 Å². The van der Waals surface area contributed by atoms with Gasteiger partial charge in [0.2, 0.25) is 0 Å². The lowest BCUT2D eigenvalue weighted by Gasteiger charge is -2.05. The first kappa shape index (κ1) is 8.30. The van der Waals surface area contributed by atoms with E-state index >= 15 is 0 Å². The molecule has 0 saturated heterocycles. The third kappa shape index (κ3) is 3.85. The monoisotopic (exact) mass is 130 g/mol. The number of aldehydes is 2. The Balaban J connectivity index is 3.39. The van der Waals surface area contributed by atoms with E-state index in [1.54, 1.807) is 0 Å². The van der Waals surface area contributed by atoms with Gasteiger partial charge in [-0.3, -0.25) is 0 Å². The van der Waals surface area contributed by atoms with Gasteiger partial charge in [-0.05, 0) is 0 Å². The van der Waals surface area contributed by atoms with Crippen LogP contribution in [-0.2, 0) is 14.3 Å². The Morgan fingerprint density at radius 2 is 1.78 bits per heavy atom. The lowest BCUT2D eigenvalue weighted by Crippen LogP contribution is -2.10. The molecule has 0 unspecified atom stereocenters. The van der Waals surface area contributed by atoms with Crippen LogP contribution in [-0.4, -0.2) is 25.8 Å². The summed E-state index contributed by atoms with van der Waals surface area (Å²) in [5.41, 5.74) is 0. The second-order valence-corrected chi connectivity index (χ2v) is 1.66. The minimum atomic E-state index is -0.222. The molecule has 9 heavy (non-hydrogen) atoms. The zero-order valence-electron chi connectivity index (χ0n) is 5.37. The molecule has 3 heteroatoms. The Kier molecular flexibility index (Phi) is 5.01. The van der Waals surface area contributed by atoms with Gasteiger partial charge in [0, 0.05) is 20.0 Å². The first-order chi connectivity index (χ1) is 4.35. The molecule has 0 aromatic heterocycles. The van der Waals surface area contributed by atoms with E-state index in [0.29, 0.717) is 12.8 Å². The van der Waals surface area contributed by atoms with Gasteiger partial charge < -0.3 is 14.3 Å². The summed E-state index contributed by atoms with van der Waals surface area (Å²) in [6, 6.07) is 0. The van der Waals surface area contributed by atoms with E-state index in [0.717, 1.165) is 12.6 Å². The van der Waals surface area contributed by atoms with Crippen LogP contribution >= 0.6 is 0 Å². The molecule has 0 amide bonds. The summed E-state index contributed by atoms with van der Waals surface area (Å²) in [5, 5.41) is 0. The highest BCUT2D eigenvalue weighted by Crippen LogP contribution is 1.96. The summed E-state index contributed by atoms with van der Waals surface area (Å²) in [6.07, 6.45) is 1.87. The molecule has 0 aliphatic heterocycles. The molecule has 0 spiro atoms. The van der Waals surface area contributed by atoms with Crippen molar-refractivity contribution in [2.75, 3.05) is 7.11 Å². The van der Waals surface area contributed by atoms with Crippen molar-refractivity contribution in [2.24, 2.45) is 0 Å². The van der Waals surface area contributed by atoms with Gasteiger partial charge in [-0.25, -0.2) is 0 Å². The van der Waals surface area contributed by atoms with Crippen molar-refractivity contribution in [3.63, 3.8) is 0 Å². The first-order valence-corrected chi connectivity index (χ1v) is 2.75. The topological polar surface area (TPSA) is 43.4 Å². The van der Waals surface area contributed by atoms with Crippen LogP contribution in [0, 0.1) is 0 Å². The molecular weight excluding hydrogens is 120 g/mol. The van der Waals surface area contributed by atoms with Crippen LogP contribution in [0.5, 0.6) is 0 Å². The van der Waals surface area contributed by atoms with Crippen molar-refractivity contribution in [3.8, 4) is 0 Å². The molecule has 0 heterocycles. The maximum Gasteiger partial charge on any atom is 0.122 e. The lowest BCUT2D eigenvalue weighted by atomic mass is 10.2. The summed E-state index contributed by atoms with van der Waals surface area (Å²) in [7, 11) is 1.48. The van der Waals surface area contributed by atoms with Crippen LogP contribution < -0.4 is 0 Å². The second-order valence-electron chi connectivity index (χ2n) is 1.66. The van der Waals surface area contributed by atoms with Crippen molar-refractivity contribution in [1.29, 1.82) is 0 Å². The van der Waals surface area contributed by atoms with Crippen molar-refractivity contribution in [1.82, 2.24) is 0 Å². The summed E-state index contributed by atoms with van der Waals surface area (Å²) >= 11 is 0. The van der Waals surface area contributed by atoms with Gasteiger partial charge in [-0.1, -0.05) is 0 Å². The van der Waals surface area contributed by atoms with E-state index < -0.39 is 0 Å². The van der Waals surface area contributed by atoms with Gasteiger partial charge in [0.15, 0.2) is 0 Å². The molecule has 0 aromatic carbocycles. The number of hydrogen-bond acceptors (Lipinski definition) is 3. The third-order valence-electron chi connectivity index (χ3n) is 1.05. The molecule has 0 atom stereocenters. The van der Waals surface area contributed by atoms with Crippen LogP contribution in [0.2, 0.25) is 0 Å². The number of rotatable bonds is 5. The SMILES string of the molecule is COC(CC=O)CC=O. The fraction of sp³-hybridized carbons (Fsp3) is 0.667. The van der Waals surface area contributed by atoms with Gasteiger partial charge in [-0.2, -0.15) is 0 Å². The van der Waals surface area contributed by atoms with Crippen LogP contribution in [0.1, 0.15) is 12.8 Å². The van der Waals surface area contributed by atoms with Crippen molar-refractivity contribution in [2.45, 2.75) is 18.9 Å². The van der Waals surface area contributed by atoms with Gasteiger partial charge in [0.25, 0.3) is 0 Å². The quantitative estimate of drug-likeness (QED) is 0.498. The molecule has 0 N–H and O–H groups in total. The van der Waals surface area contributed by atoms with E-state index in [9.17, 15) is 9.59 Å².